The molecule has 8 heteroatoms. The molecule has 5 unspecified atom stereocenters. The highest BCUT2D eigenvalue weighted by molar-refractivity contribution is 5.79. The Hall–Kier alpha value is -2.92. The van der Waals surface area contributed by atoms with Gasteiger partial charge in [0.2, 0.25) is 0 Å². The van der Waals surface area contributed by atoms with Crippen LogP contribution in [-0.4, -0.2) is 49.4 Å². The Labute approximate surface area is 361 Å². The average Bonchev–Trinajstić information content (AvgIpc) is 3.23. The van der Waals surface area contributed by atoms with E-state index in [0.29, 0.717) is 19.6 Å². The molecule has 0 aromatic heterocycles. The van der Waals surface area contributed by atoms with Gasteiger partial charge < -0.3 is 19.3 Å². The summed E-state index contributed by atoms with van der Waals surface area (Å²) >= 11 is 0. The number of ether oxygens (including phenoxy) is 3. The van der Waals surface area contributed by atoms with E-state index in [1.165, 1.54) is 89.9 Å². The van der Waals surface area contributed by atoms with Gasteiger partial charge >= 0.3 is 17.9 Å². The third kappa shape index (κ3) is 26.1. The molecule has 1 rings (SSSR count). The number of unbranched alkanes of at least 4 members (excludes halogenated alkanes) is 16. The molecule has 0 aliphatic rings. The minimum atomic E-state index is -1.07. The third-order valence-corrected chi connectivity index (χ3v) is 12.3. The van der Waals surface area contributed by atoms with Crippen LogP contribution in [0.3, 0.4) is 0 Å². The number of nitriles is 1. The number of carbonyl (C=O) groups excluding carboxylic acids is 2. The summed E-state index contributed by atoms with van der Waals surface area (Å²) in [5.41, 5.74) is 0.0606. The van der Waals surface area contributed by atoms with E-state index in [9.17, 15) is 24.8 Å². The average molecular weight is 826 g/mol. The first-order valence-electron chi connectivity index (χ1n) is 24.1. The number of rotatable bonds is 39. The van der Waals surface area contributed by atoms with E-state index in [0.717, 1.165) is 50.5 Å². The number of benzene rings is 1. The van der Waals surface area contributed by atoms with Crippen molar-refractivity contribution in [2.24, 2.45) is 29.1 Å². The first-order chi connectivity index (χ1) is 28.5. The van der Waals surface area contributed by atoms with Crippen LogP contribution in [0.2, 0.25) is 0 Å². The number of hydrogen-bond donors (Lipinski definition) is 1. The highest BCUT2D eigenvalue weighted by atomic mass is 16.6. The number of aliphatic carboxylic acids is 1. The van der Waals surface area contributed by atoms with Gasteiger partial charge in [-0.1, -0.05) is 174 Å². The van der Waals surface area contributed by atoms with Crippen molar-refractivity contribution in [2.45, 2.75) is 208 Å². The lowest BCUT2D eigenvalue weighted by Gasteiger charge is -2.29. The molecule has 0 aliphatic carbocycles. The molecule has 1 aromatic rings. The van der Waals surface area contributed by atoms with Gasteiger partial charge in [-0.05, 0) is 76.2 Å². The van der Waals surface area contributed by atoms with Crippen molar-refractivity contribution < 1.29 is 33.7 Å². The summed E-state index contributed by atoms with van der Waals surface area (Å²) in [6.45, 7) is 13.4. The molecule has 0 aliphatic heterocycles. The summed E-state index contributed by atoms with van der Waals surface area (Å²) in [6, 6.07) is 12.4. The second-order valence-electron chi connectivity index (χ2n) is 18.0. The minimum absolute atomic E-state index is 0.0145. The molecule has 0 bridgehead atoms. The maximum absolute atomic E-state index is 13.8. The summed E-state index contributed by atoms with van der Waals surface area (Å²) in [5.74, 6) is -3.94. The maximum atomic E-state index is 13.8. The fraction of sp³-hybridized carbons (Fsp3) is 0.804. The van der Waals surface area contributed by atoms with Gasteiger partial charge in [-0.3, -0.25) is 14.4 Å². The van der Waals surface area contributed by atoms with E-state index < -0.39 is 41.1 Å². The smallest absolute Gasteiger partial charge is 0.311 e. The zero-order valence-corrected chi connectivity index (χ0v) is 38.6. The van der Waals surface area contributed by atoms with Crippen LogP contribution < -0.4 is 0 Å². The van der Waals surface area contributed by atoms with Crippen LogP contribution in [0.15, 0.2) is 30.3 Å². The molecule has 338 valence electrons. The molecule has 0 saturated carbocycles. The molecule has 8 nitrogen and oxygen atoms in total. The SMILES string of the molecule is CCCCCCCCCCCCCCCCCCOCCOC(=O)C(C)(C)CC(CC(CC(C#N)CC(CC)c1ccccc1)C(=O)O)C(=O)OCC(CC)CCCC. The zero-order chi connectivity index (χ0) is 43.6. The zero-order valence-electron chi connectivity index (χ0n) is 38.6. The van der Waals surface area contributed by atoms with Gasteiger partial charge in [0.1, 0.15) is 6.61 Å². The lowest BCUT2D eigenvalue weighted by Crippen LogP contribution is -2.35. The molecule has 0 saturated heterocycles. The van der Waals surface area contributed by atoms with E-state index >= 15 is 0 Å². The molecular formula is C51H87NO7. The first-order valence-corrected chi connectivity index (χ1v) is 24.1. The number of carboxylic acid groups (broad SMARTS) is 1. The summed E-state index contributed by atoms with van der Waals surface area (Å²) in [4.78, 5) is 39.8. The number of nitrogens with zero attached hydrogens (tertiary/aromatic N) is 1. The van der Waals surface area contributed by atoms with Crippen LogP contribution in [0.1, 0.15) is 214 Å². The molecule has 1 aromatic carbocycles. The van der Waals surface area contributed by atoms with Gasteiger partial charge in [0.15, 0.2) is 0 Å². The Kier molecular flexibility index (Phi) is 31.9. The van der Waals surface area contributed by atoms with Gasteiger partial charge in [-0.2, -0.15) is 5.26 Å². The fourth-order valence-electron chi connectivity index (χ4n) is 8.21. The molecule has 0 heterocycles. The maximum Gasteiger partial charge on any atom is 0.311 e. The van der Waals surface area contributed by atoms with Crippen molar-refractivity contribution in [3.05, 3.63) is 35.9 Å². The molecule has 0 fully saturated rings. The lowest BCUT2D eigenvalue weighted by atomic mass is 9.76. The Balaban J connectivity index is 2.61. The minimum Gasteiger partial charge on any atom is -0.481 e. The van der Waals surface area contributed by atoms with E-state index in [2.05, 4.69) is 33.8 Å². The summed E-state index contributed by atoms with van der Waals surface area (Å²) in [7, 11) is 0. The largest absolute Gasteiger partial charge is 0.481 e. The fourth-order valence-corrected chi connectivity index (χ4v) is 8.21. The van der Waals surface area contributed by atoms with Crippen LogP contribution in [0.5, 0.6) is 0 Å². The van der Waals surface area contributed by atoms with Crippen molar-refractivity contribution in [3.8, 4) is 6.07 Å². The van der Waals surface area contributed by atoms with E-state index in [4.69, 9.17) is 14.2 Å². The quantitative estimate of drug-likeness (QED) is 0.0514. The molecular weight excluding hydrogens is 739 g/mol. The van der Waals surface area contributed by atoms with Crippen molar-refractivity contribution in [2.75, 3.05) is 26.4 Å². The number of esters is 2. The highest BCUT2D eigenvalue weighted by Crippen LogP contribution is 2.36. The van der Waals surface area contributed by atoms with Crippen LogP contribution in [-0.2, 0) is 28.6 Å². The second-order valence-corrected chi connectivity index (χ2v) is 18.0. The Morgan fingerprint density at radius 3 is 1.73 bits per heavy atom. The van der Waals surface area contributed by atoms with Crippen molar-refractivity contribution in [1.82, 2.24) is 0 Å². The van der Waals surface area contributed by atoms with Gasteiger partial charge in [0.25, 0.3) is 0 Å². The Bertz CT molecular complexity index is 1240. The van der Waals surface area contributed by atoms with Gasteiger partial charge in [-0.25, -0.2) is 0 Å². The molecule has 0 spiro atoms. The molecule has 1 N–H and O–H groups in total. The van der Waals surface area contributed by atoms with Crippen LogP contribution in [0.25, 0.3) is 0 Å². The number of carbonyl (C=O) groups is 3. The molecule has 59 heavy (non-hydrogen) atoms. The molecule has 5 atom stereocenters. The van der Waals surface area contributed by atoms with Crippen molar-refractivity contribution in [3.63, 3.8) is 0 Å². The summed E-state index contributed by atoms with van der Waals surface area (Å²) in [6.07, 6.45) is 26.6. The lowest BCUT2D eigenvalue weighted by molar-refractivity contribution is -0.160. The topological polar surface area (TPSA) is 123 Å². The Morgan fingerprint density at radius 2 is 1.22 bits per heavy atom. The van der Waals surface area contributed by atoms with E-state index in [1.807, 2.05) is 30.3 Å². The van der Waals surface area contributed by atoms with Crippen LogP contribution in [0.4, 0.5) is 0 Å². The number of hydrogen-bond acceptors (Lipinski definition) is 7. The van der Waals surface area contributed by atoms with Crippen LogP contribution >= 0.6 is 0 Å². The van der Waals surface area contributed by atoms with Crippen molar-refractivity contribution >= 4 is 17.9 Å². The predicted octanol–water partition coefficient (Wildman–Crippen LogP) is 13.8. The molecule has 0 amide bonds. The second kappa shape index (κ2) is 34.8. The van der Waals surface area contributed by atoms with Gasteiger partial charge in [0.05, 0.1) is 36.5 Å². The number of carboxylic acids is 1. The van der Waals surface area contributed by atoms with Crippen LogP contribution in [0, 0.1) is 40.4 Å². The van der Waals surface area contributed by atoms with E-state index in [1.54, 1.807) is 13.8 Å². The predicted molar refractivity (Wildman–Crippen MR) is 241 cm³/mol. The molecule has 0 radical (unpaired) electrons. The summed E-state index contributed by atoms with van der Waals surface area (Å²) in [5, 5.41) is 20.5. The third-order valence-electron chi connectivity index (χ3n) is 12.3. The van der Waals surface area contributed by atoms with Crippen molar-refractivity contribution in [1.29, 1.82) is 5.26 Å². The van der Waals surface area contributed by atoms with Gasteiger partial charge in [-0.15, -0.1) is 0 Å². The Morgan fingerprint density at radius 1 is 0.661 bits per heavy atom. The first kappa shape index (κ1) is 54.1. The monoisotopic (exact) mass is 826 g/mol. The van der Waals surface area contributed by atoms with Gasteiger partial charge in [0, 0.05) is 12.5 Å². The van der Waals surface area contributed by atoms with E-state index in [-0.39, 0.29) is 44.3 Å². The standard InChI is InChI=1S/C51H87NO7/c1-7-11-13-14-15-16-17-18-19-20-21-22-23-24-25-29-33-57-34-35-58-50(56)51(5,6)39-47(49(55)59-41-42(9-3)30-12-8-2)38-46(48(53)54)37-43(40-52)36-44(10-4)45-31-27-26-28-32-45/h26-28,31-32,42-44,46-47H,7-25,29-30,33-39,41H2,1-6H3,(H,53,54). The normalized spacial score (nSPS) is 14.2. The summed E-state index contributed by atoms with van der Waals surface area (Å²) < 4.78 is 17.3. The highest BCUT2D eigenvalue weighted by Gasteiger charge is 2.39.